The Kier molecular flexibility index (Phi) is 4.62. The maximum atomic E-state index is 6.09. The average Bonchev–Trinajstić information content (AvgIpc) is 2.81. The van der Waals surface area contributed by atoms with Gasteiger partial charge in [-0.05, 0) is 69.9 Å². The lowest BCUT2D eigenvalue weighted by Crippen LogP contribution is -2.16. The van der Waals surface area contributed by atoms with Gasteiger partial charge < -0.3 is 10.2 Å². The third-order valence-corrected chi connectivity index (χ3v) is 5.22. The molecule has 0 bridgehead atoms. The first-order valence-corrected chi connectivity index (χ1v) is 8.71. The lowest BCUT2D eigenvalue weighted by atomic mass is 9.97. The Bertz CT molecular complexity index is 638. The molecule has 0 unspecified atom stereocenters. The Morgan fingerprint density at radius 3 is 2.86 bits per heavy atom. The van der Waals surface area contributed by atoms with Crippen LogP contribution in [0.25, 0.3) is 10.2 Å². The van der Waals surface area contributed by atoms with Gasteiger partial charge in [-0.25, -0.2) is 9.97 Å². The highest BCUT2D eigenvalue weighted by Crippen LogP contribution is 2.38. The van der Waals surface area contributed by atoms with Gasteiger partial charge in [-0.2, -0.15) is 0 Å². The molecule has 0 amide bonds. The van der Waals surface area contributed by atoms with Crippen molar-refractivity contribution in [2.24, 2.45) is 0 Å². The number of nitrogens with one attached hydrogen (secondary N) is 1. The molecule has 3 rings (SSSR count). The highest BCUT2D eigenvalue weighted by molar-refractivity contribution is 7.19. The normalized spacial score (nSPS) is 14.7. The summed E-state index contributed by atoms with van der Waals surface area (Å²) in [4.78, 5) is 13.6. The van der Waals surface area contributed by atoms with E-state index in [2.05, 4.69) is 34.3 Å². The van der Waals surface area contributed by atoms with E-state index in [0.29, 0.717) is 5.28 Å². The number of hydrogen-bond donors (Lipinski definition) is 1. The van der Waals surface area contributed by atoms with Crippen molar-refractivity contribution in [1.82, 2.24) is 14.9 Å². The third-order valence-electron chi connectivity index (χ3n) is 3.86. The number of aryl methyl sites for hydroxylation is 2. The van der Waals surface area contributed by atoms with Crippen LogP contribution in [0.1, 0.15) is 29.7 Å². The van der Waals surface area contributed by atoms with E-state index in [-0.39, 0.29) is 0 Å². The predicted molar refractivity (Wildman–Crippen MR) is 90.7 cm³/mol. The molecule has 2 aromatic rings. The van der Waals surface area contributed by atoms with Gasteiger partial charge in [-0.15, -0.1) is 11.3 Å². The molecule has 2 aromatic heterocycles. The van der Waals surface area contributed by atoms with Crippen molar-refractivity contribution >= 4 is 39.0 Å². The maximum absolute atomic E-state index is 6.09. The number of halogens is 1. The topological polar surface area (TPSA) is 41.0 Å². The van der Waals surface area contributed by atoms with Crippen LogP contribution in [0.4, 0.5) is 5.82 Å². The van der Waals surface area contributed by atoms with Crippen molar-refractivity contribution in [1.29, 1.82) is 0 Å². The summed E-state index contributed by atoms with van der Waals surface area (Å²) in [5, 5.41) is 5.02. The van der Waals surface area contributed by atoms with Gasteiger partial charge in [-0.1, -0.05) is 0 Å². The molecule has 0 saturated carbocycles. The van der Waals surface area contributed by atoms with E-state index in [4.69, 9.17) is 11.6 Å². The number of fused-ring (bicyclic) bond motifs is 3. The second-order valence-electron chi connectivity index (χ2n) is 5.82. The zero-order valence-electron chi connectivity index (χ0n) is 12.6. The van der Waals surface area contributed by atoms with Crippen molar-refractivity contribution in [3.8, 4) is 0 Å². The van der Waals surface area contributed by atoms with Crippen LogP contribution < -0.4 is 5.32 Å². The first kappa shape index (κ1) is 15.0. The van der Waals surface area contributed by atoms with Crippen LogP contribution in [0.15, 0.2) is 0 Å². The fourth-order valence-electron chi connectivity index (χ4n) is 2.86. The van der Waals surface area contributed by atoms with E-state index in [9.17, 15) is 0 Å². The highest BCUT2D eigenvalue weighted by atomic mass is 35.5. The summed E-state index contributed by atoms with van der Waals surface area (Å²) in [5.41, 5.74) is 1.45. The van der Waals surface area contributed by atoms with Crippen LogP contribution in [-0.2, 0) is 12.8 Å². The second kappa shape index (κ2) is 6.46. The standard InChI is InChI=1S/C15H21ClN4S/c1-20(2)9-5-8-17-13-12-10-6-3-4-7-11(10)21-14(12)19-15(16)18-13/h3-9H2,1-2H3,(H,17,18,19). The average molecular weight is 325 g/mol. The zero-order chi connectivity index (χ0) is 14.8. The van der Waals surface area contributed by atoms with Crippen LogP contribution in [0, 0.1) is 0 Å². The van der Waals surface area contributed by atoms with Crippen molar-refractivity contribution in [3.63, 3.8) is 0 Å². The molecular formula is C15H21ClN4S. The third kappa shape index (κ3) is 3.30. The Morgan fingerprint density at radius 1 is 1.24 bits per heavy atom. The van der Waals surface area contributed by atoms with Crippen molar-refractivity contribution in [2.75, 3.05) is 32.5 Å². The number of thiophene rings is 1. The van der Waals surface area contributed by atoms with Crippen molar-refractivity contribution in [3.05, 3.63) is 15.7 Å². The fraction of sp³-hybridized carbons (Fsp3) is 0.600. The number of nitrogens with zero attached hydrogens (tertiary/aromatic N) is 3. The van der Waals surface area contributed by atoms with E-state index in [1.54, 1.807) is 11.3 Å². The fourth-order valence-corrected chi connectivity index (χ4v) is 4.34. The minimum Gasteiger partial charge on any atom is -0.369 e. The van der Waals surface area contributed by atoms with Gasteiger partial charge in [0.15, 0.2) is 0 Å². The molecule has 2 heterocycles. The van der Waals surface area contributed by atoms with Crippen LogP contribution in [0.5, 0.6) is 0 Å². The molecule has 0 radical (unpaired) electrons. The Labute approximate surface area is 134 Å². The summed E-state index contributed by atoms with van der Waals surface area (Å²) < 4.78 is 0. The molecule has 0 aromatic carbocycles. The molecule has 21 heavy (non-hydrogen) atoms. The molecule has 0 spiro atoms. The molecule has 6 heteroatoms. The molecule has 0 aliphatic heterocycles. The molecule has 0 saturated heterocycles. The van der Waals surface area contributed by atoms with Gasteiger partial charge in [-0.3, -0.25) is 0 Å². The molecule has 4 nitrogen and oxygen atoms in total. The number of rotatable bonds is 5. The van der Waals surface area contributed by atoms with E-state index < -0.39 is 0 Å². The number of hydrogen-bond acceptors (Lipinski definition) is 5. The Hall–Kier alpha value is -0.910. The molecular weight excluding hydrogens is 304 g/mol. The largest absolute Gasteiger partial charge is 0.369 e. The Balaban J connectivity index is 1.87. The summed E-state index contributed by atoms with van der Waals surface area (Å²) in [6.45, 7) is 1.97. The van der Waals surface area contributed by atoms with Crippen molar-refractivity contribution in [2.45, 2.75) is 32.1 Å². The van der Waals surface area contributed by atoms with E-state index in [1.807, 2.05) is 0 Å². The summed E-state index contributed by atoms with van der Waals surface area (Å²) in [7, 11) is 4.18. The molecule has 0 atom stereocenters. The van der Waals surface area contributed by atoms with E-state index in [0.717, 1.165) is 36.6 Å². The highest BCUT2D eigenvalue weighted by Gasteiger charge is 2.20. The molecule has 0 fully saturated rings. The number of anilines is 1. The van der Waals surface area contributed by atoms with Crippen LogP contribution in [-0.4, -0.2) is 42.1 Å². The molecule has 1 aliphatic rings. The van der Waals surface area contributed by atoms with Gasteiger partial charge >= 0.3 is 0 Å². The lowest BCUT2D eigenvalue weighted by molar-refractivity contribution is 0.405. The van der Waals surface area contributed by atoms with Crippen LogP contribution >= 0.6 is 22.9 Å². The van der Waals surface area contributed by atoms with Gasteiger partial charge in [0.1, 0.15) is 10.6 Å². The predicted octanol–water partition coefficient (Wildman–Crippen LogP) is 3.59. The number of aromatic nitrogens is 2. The molecule has 1 aliphatic carbocycles. The van der Waals surface area contributed by atoms with E-state index >= 15 is 0 Å². The smallest absolute Gasteiger partial charge is 0.225 e. The Morgan fingerprint density at radius 2 is 2.05 bits per heavy atom. The van der Waals surface area contributed by atoms with Gasteiger partial charge in [0.2, 0.25) is 5.28 Å². The maximum Gasteiger partial charge on any atom is 0.225 e. The minimum absolute atomic E-state index is 0.344. The first-order chi connectivity index (χ1) is 10.1. The van der Waals surface area contributed by atoms with Gasteiger partial charge in [0.25, 0.3) is 0 Å². The SMILES string of the molecule is CN(C)CCCNc1nc(Cl)nc2sc3c(c12)CCCC3. The zero-order valence-corrected chi connectivity index (χ0v) is 14.2. The summed E-state index contributed by atoms with van der Waals surface area (Å²) >= 11 is 7.88. The summed E-state index contributed by atoms with van der Waals surface area (Å²) in [6, 6.07) is 0. The monoisotopic (exact) mass is 324 g/mol. The quantitative estimate of drug-likeness (QED) is 0.674. The summed E-state index contributed by atoms with van der Waals surface area (Å²) in [5.74, 6) is 0.920. The molecule has 1 N–H and O–H groups in total. The van der Waals surface area contributed by atoms with Crippen LogP contribution in [0.3, 0.4) is 0 Å². The van der Waals surface area contributed by atoms with Crippen molar-refractivity contribution < 1.29 is 0 Å². The lowest BCUT2D eigenvalue weighted by Gasteiger charge is -2.13. The van der Waals surface area contributed by atoms with Gasteiger partial charge in [0.05, 0.1) is 5.39 Å². The minimum atomic E-state index is 0.344. The van der Waals surface area contributed by atoms with E-state index in [1.165, 1.54) is 35.1 Å². The second-order valence-corrected chi connectivity index (χ2v) is 7.24. The molecule has 114 valence electrons. The summed E-state index contributed by atoms with van der Waals surface area (Å²) in [6.07, 6.45) is 5.96. The van der Waals surface area contributed by atoms with Gasteiger partial charge in [0, 0.05) is 11.4 Å². The first-order valence-electron chi connectivity index (χ1n) is 7.51. The van der Waals surface area contributed by atoms with Crippen LogP contribution in [0.2, 0.25) is 5.28 Å².